The number of rotatable bonds is 3. The Hall–Kier alpha value is -4.03. The standard InChI is InChI=1S/C16H15N3O2.C9H7N/c1-17-14-7-12(13-8-18-5-4-11(13)9-20)6-10-2-3-15(21)19-16(10)14;1-2-6-9-8(4-1)5-3-7-10-9/h2-8,17,20H,9H2,1H3,(H,19,21);1-7H. The van der Waals surface area contributed by atoms with Crippen LogP contribution in [-0.4, -0.2) is 27.1 Å². The predicted molar refractivity (Wildman–Crippen MR) is 125 cm³/mol. The molecule has 0 radical (unpaired) electrons. The van der Waals surface area contributed by atoms with E-state index >= 15 is 0 Å². The Balaban J connectivity index is 0.000000192. The molecule has 0 aliphatic rings. The zero-order chi connectivity index (χ0) is 21.6. The predicted octanol–water partition coefficient (Wildman–Crippen LogP) is 4.36. The van der Waals surface area contributed by atoms with Crippen molar-refractivity contribution in [3.63, 3.8) is 0 Å². The van der Waals surface area contributed by atoms with Gasteiger partial charge in [0.05, 0.1) is 23.3 Å². The molecule has 0 saturated carbocycles. The lowest BCUT2D eigenvalue weighted by atomic mass is 9.99. The molecule has 0 spiro atoms. The SMILES string of the molecule is CNc1cc(-c2cnccc2CO)cc2ccc(=O)[nH]c12.c1ccc2ncccc2c1. The Kier molecular flexibility index (Phi) is 6.01. The molecule has 0 atom stereocenters. The lowest BCUT2D eigenvalue weighted by molar-refractivity contribution is 0.282. The van der Waals surface area contributed by atoms with Crippen LogP contribution in [0.4, 0.5) is 5.69 Å². The van der Waals surface area contributed by atoms with Crippen molar-refractivity contribution in [2.75, 3.05) is 12.4 Å². The maximum absolute atomic E-state index is 11.5. The van der Waals surface area contributed by atoms with E-state index in [4.69, 9.17) is 0 Å². The third-order valence-electron chi connectivity index (χ3n) is 5.01. The van der Waals surface area contributed by atoms with Gasteiger partial charge in [-0.2, -0.15) is 0 Å². The van der Waals surface area contributed by atoms with Gasteiger partial charge in [0.1, 0.15) is 0 Å². The van der Waals surface area contributed by atoms with E-state index < -0.39 is 0 Å². The second kappa shape index (κ2) is 9.19. The molecule has 0 amide bonds. The van der Waals surface area contributed by atoms with Gasteiger partial charge in [0.15, 0.2) is 0 Å². The maximum Gasteiger partial charge on any atom is 0.248 e. The Bertz CT molecular complexity index is 1330. The number of hydrogen-bond donors (Lipinski definition) is 3. The number of benzene rings is 2. The highest BCUT2D eigenvalue weighted by Crippen LogP contribution is 2.30. The average molecular weight is 410 g/mol. The van der Waals surface area contributed by atoms with Crippen LogP contribution in [0.3, 0.4) is 0 Å². The number of nitrogens with one attached hydrogen (secondary N) is 2. The van der Waals surface area contributed by atoms with Gasteiger partial charge in [-0.3, -0.25) is 14.8 Å². The molecule has 0 unspecified atom stereocenters. The van der Waals surface area contributed by atoms with Crippen molar-refractivity contribution in [2.45, 2.75) is 6.61 Å². The number of H-pyrrole nitrogens is 1. The number of pyridine rings is 3. The van der Waals surface area contributed by atoms with Crippen molar-refractivity contribution in [3.8, 4) is 11.1 Å². The number of fused-ring (bicyclic) bond motifs is 2. The number of aromatic nitrogens is 3. The van der Waals surface area contributed by atoms with Gasteiger partial charge in [0.25, 0.3) is 0 Å². The molecule has 5 rings (SSSR count). The van der Waals surface area contributed by atoms with E-state index in [2.05, 4.69) is 32.4 Å². The third kappa shape index (κ3) is 4.44. The quantitative estimate of drug-likeness (QED) is 0.411. The second-order valence-electron chi connectivity index (χ2n) is 6.95. The summed E-state index contributed by atoms with van der Waals surface area (Å²) in [4.78, 5) is 22.6. The molecule has 6 heteroatoms. The highest BCUT2D eigenvalue weighted by Gasteiger charge is 2.09. The van der Waals surface area contributed by atoms with Crippen LogP contribution in [0.5, 0.6) is 0 Å². The van der Waals surface area contributed by atoms with E-state index in [0.29, 0.717) is 0 Å². The second-order valence-corrected chi connectivity index (χ2v) is 6.95. The van der Waals surface area contributed by atoms with Crippen LogP contribution in [-0.2, 0) is 6.61 Å². The molecule has 0 bridgehead atoms. The van der Waals surface area contributed by atoms with Crippen molar-refractivity contribution in [1.29, 1.82) is 0 Å². The normalized spacial score (nSPS) is 10.5. The van der Waals surface area contributed by atoms with Crippen LogP contribution >= 0.6 is 0 Å². The summed E-state index contributed by atoms with van der Waals surface area (Å²) in [5, 5.41) is 14.7. The topological polar surface area (TPSA) is 90.9 Å². The van der Waals surface area contributed by atoms with Crippen LogP contribution in [0.25, 0.3) is 32.9 Å². The minimum absolute atomic E-state index is 0.0452. The molecule has 3 heterocycles. The van der Waals surface area contributed by atoms with Gasteiger partial charge in [0, 0.05) is 48.0 Å². The van der Waals surface area contributed by atoms with Gasteiger partial charge in [-0.25, -0.2) is 0 Å². The van der Waals surface area contributed by atoms with Crippen molar-refractivity contribution < 1.29 is 5.11 Å². The van der Waals surface area contributed by atoms with Gasteiger partial charge in [-0.1, -0.05) is 24.3 Å². The average Bonchev–Trinajstić information content (AvgIpc) is 2.84. The van der Waals surface area contributed by atoms with E-state index in [9.17, 15) is 9.90 Å². The summed E-state index contributed by atoms with van der Waals surface area (Å²) in [6, 6.07) is 21.1. The smallest absolute Gasteiger partial charge is 0.248 e. The maximum atomic E-state index is 11.5. The molecular weight excluding hydrogens is 388 g/mol. The molecule has 0 aliphatic heterocycles. The minimum atomic E-state index is -0.135. The molecule has 31 heavy (non-hydrogen) atoms. The Labute approximate surface area is 179 Å². The fraction of sp³-hybridized carbons (Fsp3) is 0.0800. The summed E-state index contributed by atoms with van der Waals surface area (Å²) in [5.41, 5.74) is 5.15. The van der Waals surface area contributed by atoms with Crippen molar-refractivity contribution >= 4 is 27.5 Å². The lowest BCUT2D eigenvalue weighted by Crippen LogP contribution is -2.04. The fourth-order valence-corrected chi connectivity index (χ4v) is 3.46. The lowest BCUT2D eigenvalue weighted by Gasteiger charge is -2.12. The van der Waals surface area contributed by atoms with Crippen LogP contribution in [0.15, 0.2) is 90.1 Å². The summed E-state index contributed by atoms with van der Waals surface area (Å²) < 4.78 is 0. The Morgan fingerprint density at radius 3 is 2.61 bits per heavy atom. The van der Waals surface area contributed by atoms with Crippen LogP contribution in [0.2, 0.25) is 0 Å². The van der Waals surface area contributed by atoms with E-state index in [1.54, 1.807) is 31.6 Å². The monoisotopic (exact) mass is 410 g/mol. The van der Waals surface area contributed by atoms with Crippen molar-refractivity contribution in [1.82, 2.24) is 15.0 Å². The number of aliphatic hydroxyl groups is 1. The third-order valence-corrected chi connectivity index (χ3v) is 5.01. The first-order chi connectivity index (χ1) is 15.2. The number of nitrogens with zero attached hydrogens (tertiary/aromatic N) is 2. The number of aromatic amines is 1. The van der Waals surface area contributed by atoms with E-state index in [1.807, 2.05) is 42.6 Å². The fourth-order valence-electron chi connectivity index (χ4n) is 3.46. The van der Waals surface area contributed by atoms with Crippen molar-refractivity contribution in [2.24, 2.45) is 0 Å². The zero-order valence-corrected chi connectivity index (χ0v) is 17.0. The molecule has 6 nitrogen and oxygen atoms in total. The molecule has 154 valence electrons. The zero-order valence-electron chi connectivity index (χ0n) is 17.0. The van der Waals surface area contributed by atoms with Gasteiger partial charge in [-0.05, 0) is 47.5 Å². The molecule has 0 aliphatic carbocycles. The highest BCUT2D eigenvalue weighted by atomic mass is 16.3. The van der Waals surface area contributed by atoms with Crippen LogP contribution in [0, 0.1) is 0 Å². The van der Waals surface area contributed by atoms with E-state index in [0.717, 1.165) is 38.8 Å². The minimum Gasteiger partial charge on any atom is -0.392 e. The molecular formula is C25H22N4O2. The van der Waals surface area contributed by atoms with Gasteiger partial charge >= 0.3 is 0 Å². The number of aliphatic hydroxyl groups excluding tert-OH is 1. The number of anilines is 1. The first kappa shape index (κ1) is 20.3. The van der Waals surface area contributed by atoms with Crippen molar-refractivity contribution in [3.05, 3.63) is 101 Å². The number of hydrogen-bond acceptors (Lipinski definition) is 5. The highest BCUT2D eigenvalue weighted by molar-refractivity contribution is 5.95. The van der Waals surface area contributed by atoms with E-state index in [-0.39, 0.29) is 12.2 Å². The summed E-state index contributed by atoms with van der Waals surface area (Å²) >= 11 is 0. The van der Waals surface area contributed by atoms with Gasteiger partial charge in [-0.15, -0.1) is 0 Å². The first-order valence-corrected chi connectivity index (χ1v) is 9.88. The summed E-state index contributed by atoms with van der Waals surface area (Å²) in [6.07, 6.45) is 5.20. The Morgan fingerprint density at radius 1 is 0.968 bits per heavy atom. The largest absolute Gasteiger partial charge is 0.392 e. The molecule has 3 N–H and O–H groups in total. The Morgan fingerprint density at radius 2 is 1.81 bits per heavy atom. The van der Waals surface area contributed by atoms with Gasteiger partial charge < -0.3 is 15.4 Å². The summed E-state index contributed by atoms with van der Waals surface area (Å²) in [5.74, 6) is 0. The molecule has 5 aromatic rings. The van der Waals surface area contributed by atoms with Crippen LogP contribution < -0.4 is 10.9 Å². The summed E-state index contributed by atoms with van der Waals surface area (Å²) in [6.45, 7) is -0.0452. The first-order valence-electron chi connectivity index (χ1n) is 9.88. The van der Waals surface area contributed by atoms with Crippen LogP contribution in [0.1, 0.15) is 5.56 Å². The molecule has 0 saturated heterocycles. The molecule has 2 aromatic carbocycles. The van der Waals surface area contributed by atoms with Gasteiger partial charge in [0.2, 0.25) is 5.56 Å². The van der Waals surface area contributed by atoms with E-state index in [1.165, 1.54) is 11.5 Å². The molecule has 0 fully saturated rings. The summed E-state index contributed by atoms with van der Waals surface area (Å²) in [7, 11) is 1.81. The molecule has 3 aromatic heterocycles. The number of para-hydroxylation sites is 1.